The van der Waals surface area contributed by atoms with Crippen molar-refractivity contribution in [3.8, 4) is 12.1 Å². The molecule has 3 atom stereocenters. The zero-order valence-corrected chi connectivity index (χ0v) is 17.1. The number of hydrogen-bond donors (Lipinski definition) is 1. The summed E-state index contributed by atoms with van der Waals surface area (Å²) in [6, 6.07) is 27.5. The standard InChI is InChI=1S/C26H20N5O/c27-16-20(17-28)24-22(18-29)23(19-10-4-1-5-11-19)25(31-14-8-3-9-15-31)26(32,30-24)21-12-6-2-7-13-21/h1-16,23,25,27,32H/q+1. The molecule has 2 aromatic carbocycles. The van der Waals surface area contributed by atoms with Gasteiger partial charge < -0.3 is 10.8 Å². The Bertz CT molecular complexity index is 1230. The fourth-order valence-corrected chi connectivity index (χ4v) is 4.22. The molecule has 0 radical (unpaired) electrons. The molecule has 2 heterocycles. The molecule has 0 amide bonds. The normalized spacial score (nSPS) is 23.0. The number of nitrogens with one attached hydrogen (secondary N) is 1. The van der Waals surface area contributed by atoms with Gasteiger partial charge in [0, 0.05) is 17.7 Å². The van der Waals surface area contributed by atoms with Crippen molar-refractivity contribution in [2.24, 2.45) is 4.99 Å². The van der Waals surface area contributed by atoms with Gasteiger partial charge in [-0.2, -0.15) is 20.1 Å². The summed E-state index contributed by atoms with van der Waals surface area (Å²) in [5, 5.41) is 32.0. The van der Waals surface area contributed by atoms with Crippen molar-refractivity contribution in [1.29, 1.82) is 10.5 Å². The molecule has 6 nitrogen and oxygen atoms in total. The summed E-state index contributed by atoms with van der Waals surface area (Å²) < 4.78 is 1.85. The number of aliphatic hydroxyl groups is 1. The molecule has 0 bridgehead atoms. The number of nitriles is 2. The van der Waals surface area contributed by atoms with Crippen LogP contribution in [0.3, 0.4) is 0 Å². The predicted molar refractivity (Wildman–Crippen MR) is 120 cm³/mol. The zero-order valence-electron chi connectivity index (χ0n) is 17.1. The van der Waals surface area contributed by atoms with Crippen LogP contribution in [0.2, 0.25) is 0 Å². The number of aliphatic imine (C=N–C) groups is 1. The van der Waals surface area contributed by atoms with Crippen molar-refractivity contribution in [2.45, 2.75) is 17.7 Å². The van der Waals surface area contributed by atoms with Crippen molar-refractivity contribution >= 4 is 5.71 Å². The monoisotopic (exact) mass is 418 g/mol. The van der Waals surface area contributed by atoms with Gasteiger partial charge in [-0.15, -0.1) is 0 Å². The molecule has 4 rings (SSSR count). The summed E-state index contributed by atoms with van der Waals surface area (Å²) >= 11 is 0. The molecule has 6 heteroatoms. The average Bonchev–Trinajstić information content (AvgIpc) is 2.86. The van der Waals surface area contributed by atoms with Gasteiger partial charge in [-0.3, -0.25) is 0 Å². The van der Waals surface area contributed by atoms with Gasteiger partial charge in [-0.05, 0) is 5.56 Å². The smallest absolute Gasteiger partial charge is 0.256 e. The summed E-state index contributed by atoms with van der Waals surface area (Å²) in [6.45, 7) is 0. The van der Waals surface area contributed by atoms with Crippen molar-refractivity contribution in [3.63, 3.8) is 0 Å². The fraction of sp³-hybridized carbons (Fsp3) is 0.115. The van der Waals surface area contributed by atoms with Crippen LogP contribution >= 0.6 is 0 Å². The minimum atomic E-state index is -1.80. The van der Waals surface area contributed by atoms with Crippen LogP contribution in [0, 0.1) is 28.6 Å². The van der Waals surface area contributed by atoms with Crippen molar-refractivity contribution < 1.29 is 9.67 Å². The Kier molecular flexibility index (Phi) is 5.72. The Labute approximate surface area is 186 Å². The van der Waals surface area contributed by atoms with Crippen LogP contribution in [-0.4, -0.2) is 10.8 Å². The summed E-state index contributed by atoms with van der Waals surface area (Å²) in [5.74, 6) is -0.382. The van der Waals surface area contributed by atoms with Crippen molar-refractivity contribution in [3.05, 3.63) is 126 Å². The molecular weight excluding hydrogens is 398 g/mol. The van der Waals surface area contributed by atoms with Crippen molar-refractivity contribution in [2.75, 3.05) is 0 Å². The van der Waals surface area contributed by atoms with E-state index in [-0.39, 0.29) is 17.2 Å². The lowest BCUT2D eigenvalue weighted by Gasteiger charge is -2.37. The van der Waals surface area contributed by atoms with E-state index in [0.29, 0.717) is 5.56 Å². The first-order valence-corrected chi connectivity index (χ1v) is 10.1. The number of rotatable bonds is 4. The van der Waals surface area contributed by atoms with Crippen LogP contribution in [0.15, 0.2) is 108 Å². The third-order valence-electron chi connectivity index (χ3n) is 5.63. The molecule has 0 spiro atoms. The maximum Gasteiger partial charge on any atom is 0.256 e. The van der Waals surface area contributed by atoms with E-state index in [2.05, 4.69) is 11.1 Å². The largest absolute Gasteiger partial charge is 0.686 e. The molecular formula is C26H20N5O+. The third-order valence-corrected chi connectivity index (χ3v) is 5.63. The molecule has 1 aliphatic rings. The van der Waals surface area contributed by atoms with Crippen LogP contribution in [0.25, 0.3) is 5.73 Å². The van der Waals surface area contributed by atoms with Gasteiger partial charge in [-0.25, -0.2) is 0 Å². The molecule has 0 fully saturated rings. The van der Waals surface area contributed by atoms with E-state index < -0.39 is 17.7 Å². The van der Waals surface area contributed by atoms with E-state index in [9.17, 15) is 15.6 Å². The predicted octanol–water partition coefficient (Wildman–Crippen LogP) is 4.16. The van der Waals surface area contributed by atoms with E-state index in [4.69, 9.17) is 5.73 Å². The second-order valence-corrected chi connectivity index (χ2v) is 7.40. The first-order chi connectivity index (χ1) is 15.6. The Balaban J connectivity index is 2.09. The summed E-state index contributed by atoms with van der Waals surface area (Å²) in [4.78, 5) is 4.59. The highest BCUT2D eigenvalue weighted by molar-refractivity contribution is 6.16. The van der Waals surface area contributed by atoms with Gasteiger partial charge in [0.25, 0.3) is 11.4 Å². The van der Waals surface area contributed by atoms with Crippen LogP contribution in [0.5, 0.6) is 0 Å². The van der Waals surface area contributed by atoms with Crippen LogP contribution in [0.1, 0.15) is 23.1 Å². The lowest BCUT2D eigenvalue weighted by Crippen LogP contribution is -2.57. The van der Waals surface area contributed by atoms with Crippen LogP contribution < -0.4 is 4.57 Å². The molecule has 0 saturated carbocycles. The number of pyridine rings is 1. The zero-order chi connectivity index (χ0) is 22.6. The second-order valence-electron chi connectivity index (χ2n) is 7.40. The highest BCUT2D eigenvalue weighted by atomic mass is 16.3. The molecule has 0 aliphatic carbocycles. The number of benzene rings is 2. The Morgan fingerprint density at radius 3 is 2.16 bits per heavy atom. The highest BCUT2D eigenvalue weighted by Crippen LogP contribution is 2.50. The number of aromatic nitrogens is 1. The van der Waals surface area contributed by atoms with E-state index in [0.717, 1.165) is 11.8 Å². The topological polar surface area (TPSA) is 108 Å². The average molecular weight is 418 g/mol. The second kappa shape index (κ2) is 8.77. The lowest BCUT2D eigenvalue weighted by atomic mass is 9.69. The van der Waals surface area contributed by atoms with Gasteiger partial charge in [-0.1, -0.05) is 72.9 Å². The number of allylic oxidation sites excluding steroid dienone is 1. The van der Waals surface area contributed by atoms with Gasteiger partial charge in [0.2, 0.25) is 24.1 Å². The first-order valence-electron chi connectivity index (χ1n) is 10.1. The van der Waals surface area contributed by atoms with Crippen molar-refractivity contribution in [1.82, 2.24) is 0 Å². The van der Waals surface area contributed by atoms with Gasteiger partial charge in [0.05, 0.1) is 0 Å². The van der Waals surface area contributed by atoms with Gasteiger partial charge in [0.1, 0.15) is 0 Å². The van der Waals surface area contributed by atoms with Crippen LogP contribution in [0.4, 0.5) is 0 Å². The van der Waals surface area contributed by atoms with Gasteiger partial charge >= 0.3 is 0 Å². The maximum absolute atomic E-state index is 12.2. The summed E-state index contributed by atoms with van der Waals surface area (Å²) in [6.07, 6.45) is 4.53. The Morgan fingerprint density at radius 1 is 1.00 bits per heavy atom. The number of hydrogen-bond acceptors (Lipinski definition) is 4. The SMILES string of the molecule is N#CC(=C[NH-])C1=NC(O)(c2ccccc2)C([n+]2ccccc2)C(c2ccccc2)[C+]1C#N. The van der Waals surface area contributed by atoms with E-state index in [1.54, 1.807) is 12.1 Å². The minimum absolute atomic E-state index is 0.0398. The quantitative estimate of drug-likeness (QED) is 0.390. The number of nitrogens with zero attached hydrogens (tertiary/aromatic N) is 4. The fourth-order valence-electron chi connectivity index (χ4n) is 4.22. The molecule has 0 saturated heterocycles. The molecule has 154 valence electrons. The molecule has 1 aromatic heterocycles. The molecule has 32 heavy (non-hydrogen) atoms. The molecule has 3 aromatic rings. The minimum Gasteiger partial charge on any atom is -0.686 e. The Morgan fingerprint density at radius 2 is 1.59 bits per heavy atom. The highest BCUT2D eigenvalue weighted by Gasteiger charge is 2.62. The molecule has 3 unspecified atom stereocenters. The maximum atomic E-state index is 12.2. The first kappa shape index (κ1) is 20.9. The Hall–Kier alpha value is -4.39. The van der Waals surface area contributed by atoms with E-state index in [1.165, 1.54) is 0 Å². The van der Waals surface area contributed by atoms with E-state index >= 15 is 0 Å². The summed E-state index contributed by atoms with van der Waals surface area (Å²) in [5.41, 5.74) is 7.20. The lowest BCUT2D eigenvalue weighted by molar-refractivity contribution is -0.742. The molecule has 1 aliphatic heterocycles. The van der Waals surface area contributed by atoms with E-state index in [1.807, 2.05) is 89.8 Å². The third kappa shape index (κ3) is 3.50. The summed E-state index contributed by atoms with van der Waals surface area (Å²) in [7, 11) is 0. The van der Waals surface area contributed by atoms with Gasteiger partial charge in [0.15, 0.2) is 23.9 Å². The van der Waals surface area contributed by atoms with Crippen LogP contribution in [-0.2, 0) is 5.72 Å². The molecule has 2 N–H and O–H groups in total.